The summed E-state index contributed by atoms with van der Waals surface area (Å²) in [6, 6.07) is 37.9. The van der Waals surface area contributed by atoms with Crippen LogP contribution in [0.15, 0.2) is 109 Å². The maximum atomic E-state index is 12.2. The van der Waals surface area contributed by atoms with E-state index in [9.17, 15) is 15.0 Å². The maximum Gasteiger partial charge on any atom is 0.219 e. The molecule has 1 amide bonds. The summed E-state index contributed by atoms with van der Waals surface area (Å²) in [5.74, 6) is 2.10. The molecule has 0 spiro atoms. The Balaban J connectivity index is 0.000000275. The smallest absolute Gasteiger partial charge is 0.219 e. The lowest BCUT2D eigenvalue weighted by molar-refractivity contribution is -0.131. The minimum absolute atomic E-state index is 0. The third-order valence-corrected chi connectivity index (χ3v) is 11.4. The van der Waals surface area contributed by atoms with Crippen LogP contribution in [0.5, 0.6) is 11.5 Å². The molecule has 4 aromatic carbocycles. The highest BCUT2D eigenvalue weighted by molar-refractivity contribution is 5.73. The summed E-state index contributed by atoms with van der Waals surface area (Å²) in [7, 11) is 0. The van der Waals surface area contributed by atoms with Gasteiger partial charge in [0.25, 0.3) is 0 Å². The summed E-state index contributed by atoms with van der Waals surface area (Å²) in [6.07, 6.45) is 13.9. The number of phenolic OH excluding ortho intramolecular Hbond substituents is 2. The normalized spacial score (nSPS) is 19.9. The number of aryl methyl sites for hydroxylation is 2. The number of aromatic hydroxyl groups is 2. The zero-order chi connectivity index (χ0) is 35.8. The predicted octanol–water partition coefficient (Wildman–Crippen LogP) is 10.7. The summed E-state index contributed by atoms with van der Waals surface area (Å²) < 4.78 is 0. The zero-order valence-electron chi connectivity index (χ0n) is 31.4. The van der Waals surface area contributed by atoms with Crippen molar-refractivity contribution in [2.45, 2.75) is 115 Å². The second-order valence-corrected chi connectivity index (χ2v) is 14.7. The van der Waals surface area contributed by atoms with Crippen molar-refractivity contribution in [1.29, 1.82) is 0 Å². The first-order valence-electron chi connectivity index (χ1n) is 19.6. The van der Waals surface area contributed by atoms with E-state index in [4.69, 9.17) is 0 Å². The molecule has 5 nitrogen and oxygen atoms in total. The first kappa shape index (κ1) is 40.6. The molecule has 0 radical (unpaired) electrons. The highest BCUT2D eigenvalue weighted by Gasteiger charge is 2.28. The van der Waals surface area contributed by atoms with Gasteiger partial charge in [-0.2, -0.15) is 0 Å². The highest BCUT2D eigenvalue weighted by atomic mass is 19.0. The Hall–Kier alpha value is -4.16. The van der Waals surface area contributed by atoms with E-state index in [0.717, 1.165) is 57.7 Å². The number of phenols is 2. The van der Waals surface area contributed by atoms with Crippen LogP contribution in [0.1, 0.15) is 114 Å². The van der Waals surface area contributed by atoms with Crippen LogP contribution in [0.4, 0.5) is 4.70 Å². The summed E-state index contributed by atoms with van der Waals surface area (Å²) in [6.45, 7) is 7.21. The number of hydrogen-bond acceptors (Lipinski definition) is 4. The van der Waals surface area contributed by atoms with E-state index >= 15 is 0 Å². The van der Waals surface area contributed by atoms with Crippen molar-refractivity contribution in [3.8, 4) is 11.5 Å². The second kappa shape index (κ2) is 21.4. The van der Waals surface area contributed by atoms with Gasteiger partial charge in [-0.05, 0) is 148 Å². The van der Waals surface area contributed by atoms with E-state index in [1.807, 2.05) is 30.3 Å². The molecule has 2 fully saturated rings. The molecule has 282 valence electrons. The van der Waals surface area contributed by atoms with Gasteiger partial charge in [0.05, 0.1) is 0 Å². The minimum Gasteiger partial charge on any atom is -0.508 e. The molecule has 6 heteroatoms. The molecule has 6 rings (SSSR count). The number of halogens is 1. The van der Waals surface area contributed by atoms with Crippen LogP contribution < -0.4 is 0 Å². The molecule has 2 aliphatic rings. The van der Waals surface area contributed by atoms with Crippen molar-refractivity contribution in [2.75, 3.05) is 19.6 Å². The molecular formula is C46H63FN2O3. The van der Waals surface area contributed by atoms with Crippen LogP contribution in [0.25, 0.3) is 0 Å². The molecular weight excluding hydrogens is 648 g/mol. The highest BCUT2D eigenvalue weighted by Crippen LogP contribution is 2.36. The van der Waals surface area contributed by atoms with Gasteiger partial charge in [-0.3, -0.25) is 9.50 Å². The van der Waals surface area contributed by atoms with Crippen LogP contribution in [-0.2, 0) is 17.6 Å². The Labute approximate surface area is 313 Å². The lowest BCUT2D eigenvalue weighted by atomic mass is 9.81. The van der Waals surface area contributed by atoms with Gasteiger partial charge < -0.3 is 20.0 Å². The Morgan fingerprint density at radius 3 is 1.40 bits per heavy atom. The molecule has 2 N–H and O–H groups in total. The third kappa shape index (κ3) is 12.5. The van der Waals surface area contributed by atoms with Gasteiger partial charge >= 0.3 is 0 Å². The number of hydrogen-bond donors (Lipinski definition) is 2. The fourth-order valence-corrected chi connectivity index (χ4v) is 8.41. The molecule has 0 saturated heterocycles. The Morgan fingerprint density at radius 2 is 1.00 bits per heavy atom. The topological polar surface area (TPSA) is 64.0 Å². The van der Waals surface area contributed by atoms with Crippen molar-refractivity contribution < 1.29 is 21.1 Å². The van der Waals surface area contributed by atoms with Crippen molar-refractivity contribution in [3.05, 3.63) is 131 Å². The summed E-state index contributed by atoms with van der Waals surface area (Å²) in [5.41, 5.74) is 5.49. The van der Waals surface area contributed by atoms with Crippen molar-refractivity contribution in [2.24, 2.45) is 0 Å². The molecule has 52 heavy (non-hydrogen) atoms. The van der Waals surface area contributed by atoms with E-state index < -0.39 is 0 Å². The van der Waals surface area contributed by atoms with Gasteiger partial charge in [0, 0.05) is 27.0 Å². The average molecular weight is 713 g/mol. The van der Waals surface area contributed by atoms with Gasteiger partial charge in [0.1, 0.15) is 11.5 Å². The van der Waals surface area contributed by atoms with Gasteiger partial charge in [-0.15, -0.1) is 0 Å². The number of benzene rings is 4. The van der Waals surface area contributed by atoms with Gasteiger partial charge in [0.2, 0.25) is 5.91 Å². The number of carbonyl (C=O) groups is 1. The number of amides is 1. The largest absolute Gasteiger partial charge is 0.508 e. The van der Waals surface area contributed by atoms with Gasteiger partial charge in [-0.1, -0.05) is 91.9 Å². The standard InChI is InChI=1S/C23H29NO2.C23H31NO.FH.H2/c1-18(25)24(17-5-8-19-6-3-2-4-7-19)22-13-9-20(10-14-22)21-11-15-23(26)16-12-21;1-2-24(18-6-9-19-7-4-3-5-8-19)22-14-10-20(11-15-22)21-12-16-23(25)17-13-21;;/h2-4,6-7,11-12,15-16,20,22,26H,5,8-10,13-14,17H2,1H3;3-5,7-8,12-13,16-17,20,22,25H,2,6,9-11,14-15,18H2,1H3;2*1H/i;;;1+2. The molecule has 0 atom stereocenters. The lowest BCUT2D eigenvalue weighted by Gasteiger charge is -2.36. The average Bonchev–Trinajstić information content (AvgIpc) is 3.17. The summed E-state index contributed by atoms with van der Waals surface area (Å²) in [4.78, 5) is 17.0. The number of rotatable bonds is 13. The Morgan fingerprint density at radius 1 is 0.596 bits per heavy atom. The van der Waals surface area contributed by atoms with Crippen LogP contribution in [0.2, 0.25) is 0 Å². The first-order valence-corrected chi connectivity index (χ1v) is 19.6. The van der Waals surface area contributed by atoms with E-state index in [1.54, 1.807) is 19.1 Å². The van der Waals surface area contributed by atoms with E-state index in [-0.39, 0.29) is 12.0 Å². The van der Waals surface area contributed by atoms with Crippen LogP contribution >= 0.6 is 0 Å². The maximum absolute atomic E-state index is 12.2. The molecule has 0 heterocycles. The number of carbonyl (C=O) groups excluding carboxylic acids is 1. The fraction of sp³-hybridized carbons (Fsp3) is 0.457. The van der Waals surface area contributed by atoms with Crippen LogP contribution in [0.3, 0.4) is 0 Å². The zero-order valence-corrected chi connectivity index (χ0v) is 31.4. The van der Waals surface area contributed by atoms with Crippen LogP contribution in [0, 0.1) is 0 Å². The van der Waals surface area contributed by atoms with Crippen molar-refractivity contribution >= 4 is 5.91 Å². The molecule has 2 aliphatic carbocycles. The minimum atomic E-state index is 0. The van der Waals surface area contributed by atoms with Gasteiger partial charge in [0.15, 0.2) is 0 Å². The first-order chi connectivity index (χ1) is 24.9. The Bertz CT molecular complexity index is 1560. The van der Waals surface area contributed by atoms with Crippen molar-refractivity contribution in [1.82, 2.24) is 9.80 Å². The van der Waals surface area contributed by atoms with E-state index in [2.05, 4.69) is 83.5 Å². The predicted molar refractivity (Wildman–Crippen MR) is 215 cm³/mol. The lowest BCUT2D eigenvalue weighted by Crippen LogP contribution is -2.41. The molecule has 0 aliphatic heterocycles. The monoisotopic (exact) mass is 712 g/mol. The molecule has 0 unspecified atom stereocenters. The Kier molecular flexibility index (Phi) is 16.7. The molecule has 0 aromatic heterocycles. The second-order valence-electron chi connectivity index (χ2n) is 14.7. The summed E-state index contributed by atoms with van der Waals surface area (Å²) in [5, 5.41) is 18.9. The molecule has 4 aromatic rings. The van der Waals surface area contributed by atoms with Crippen LogP contribution in [-0.4, -0.2) is 57.6 Å². The van der Waals surface area contributed by atoms with Crippen molar-refractivity contribution in [3.63, 3.8) is 0 Å². The fourth-order valence-electron chi connectivity index (χ4n) is 8.41. The SMILES string of the molecule is CC(=O)N(CCCc1ccccc1)C1CCC(c2ccc(O)cc2)CC1.CCN(CCCc1ccccc1)C1CCC(c2ccc(O)cc2)CC1.F.[3HH]. The quantitative estimate of drug-likeness (QED) is 0.145. The molecule has 2 saturated carbocycles. The number of nitrogens with zero attached hydrogens (tertiary/aromatic N) is 2. The third-order valence-electron chi connectivity index (χ3n) is 11.4. The summed E-state index contributed by atoms with van der Waals surface area (Å²) >= 11 is 0. The molecule has 0 bridgehead atoms. The van der Waals surface area contributed by atoms with E-state index in [0.29, 0.717) is 29.4 Å². The van der Waals surface area contributed by atoms with E-state index in [1.165, 1.54) is 67.3 Å². The van der Waals surface area contributed by atoms with Gasteiger partial charge in [-0.25, -0.2) is 0 Å².